The lowest BCUT2D eigenvalue weighted by molar-refractivity contribution is -0.137. The van der Waals surface area contributed by atoms with E-state index in [1.54, 1.807) is 0 Å². The Labute approximate surface area is 147 Å². The van der Waals surface area contributed by atoms with Crippen LogP contribution in [0.4, 0.5) is 0 Å². The highest BCUT2D eigenvalue weighted by Gasteiger charge is 2.27. The summed E-state index contributed by atoms with van der Waals surface area (Å²) in [7, 11) is 0. The van der Waals surface area contributed by atoms with Crippen LogP contribution in [-0.4, -0.2) is 35.8 Å². The van der Waals surface area contributed by atoms with E-state index in [0.717, 1.165) is 51.1 Å². The highest BCUT2D eigenvalue weighted by atomic mass is 16.2. The van der Waals surface area contributed by atoms with Crippen LogP contribution < -0.4 is 5.32 Å². The zero-order valence-electron chi connectivity index (χ0n) is 15.7. The number of rotatable bonds is 7. The Bertz CT molecular complexity index is 392. The third-order valence-corrected chi connectivity index (χ3v) is 6.01. The first-order chi connectivity index (χ1) is 11.6. The van der Waals surface area contributed by atoms with E-state index in [2.05, 4.69) is 19.2 Å². The van der Waals surface area contributed by atoms with Crippen molar-refractivity contribution in [1.29, 1.82) is 0 Å². The lowest BCUT2D eigenvalue weighted by atomic mass is 9.86. The van der Waals surface area contributed by atoms with Crippen LogP contribution in [0, 0.1) is 11.8 Å². The van der Waals surface area contributed by atoms with Gasteiger partial charge in [0, 0.05) is 31.5 Å². The van der Waals surface area contributed by atoms with Gasteiger partial charge in [-0.3, -0.25) is 9.59 Å². The molecule has 1 saturated heterocycles. The van der Waals surface area contributed by atoms with Crippen molar-refractivity contribution < 1.29 is 9.59 Å². The van der Waals surface area contributed by atoms with Gasteiger partial charge in [0.2, 0.25) is 11.8 Å². The number of piperidine rings is 1. The molecule has 4 nitrogen and oxygen atoms in total. The molecule has 0 radical (unpaired) electrons. The third-order valence-electron chi connectivity index (χ3n) is 6.01. The van der Waals surface area contributed by atoms with Gasteiger partial charge < -0.3 is 10.2 Å². The Balaban J connectivity index is 1.65. The van der Waals surface area contributed by atoms with E-state index >= 15 is 0 Å². The van der Waals surface area contributed by atoms with Gasteiger partial charge in [0.05, 0.1) is 0 Å². The maximum Gasteiger partial charge on any atom is 0.225 e. The molecule has 0 aromatic rings. The van der Waals surface area contributed by atoms with Crippen molar-refractivity contribution in [1.82, 2.24) is 10.2 Å². The number of hydrogen-bond donors (Lipinski definition) is 1. The van der Waals surface area contributed by atoms with Gasteiger partial charge in [-0.1, -0.05) is 46.0 Å². The molecule has 2 aliphatic rings. The summed E-state index contributed by atoms with van der Waals surface area (Å²) in [5.74, 6) is 1.46. The molecule has 0 atom stereocenters. The van der Waals surface area contributed by atoms with E-state index < -0.39 is 0 Å². The predicted molar refractivity (Wildman–Crippen MR) is 97.6 cm³/mol. The van der Waals surface area contributed by atoms with E-state index in [-0.39, 0.29) is 17.9 Å². The molecule has 1 heterocycles. The smallest absolute Gasteiger partial charge is 0.225 e. The largest absolute Gasteiger partial charge is 0.353 e. The quantitative estimate of drug-likeness (QED) is 0.767. The first-order valence-electron chi connectivity index (χ1n) is 10.2. The third kappa shape index (κ3) is 5.78. The van der Waals surface area contributed by atoms with Crippen molar-refractivity contribution in [2.45, 2.75) is 90.5 Å². The summed E-state index contributed by atoms with van der Waals surface area (Å²) in [5, 5.41) is 3.20. The molecule has 2 amide bonds. The summed E-state index contributed by atoms with van der Waals surface area (Å²) in [6.07, 6.45) is 12.1. The summed E-state index contributed by atoms with van der Waals surface area (Å²) >= 11 is 0. The molecule has 1 N–H and O–H groups in total. The van der Waals surface area contributed by atoms with Gasteiger partial charge in [-0.25, -0.2) is 0 Å². The maximum absolute atomic E-state index is 12.4. The number of hydrogen-bond acceptors (Lipinski definition) is 2. The normalized spacial score (nSPS) is 20.4. The lowest BCUT2D eigenvalue weighted by Gasteiger charge is -2.34. The van der Waals surface area contributed by atoms with Crippen molar-refractivity contribution in [2.75, 3.05) is 13.1 Å². The second-order valence-electron chi connectivity index (χ2n) is 7.72. The van der Waals surface area contributed by atoms with Crippen LogP contribution in [0.5, 0.6) is 0 Å². The SMILES string of the molecule is CCC(CC)C(=O)N1CCC(NC(=O)CCC2CCCCC2)CC1. The highest BCUT2D eigenvalue weighted by Crippen LogP contribution is 2.27. The van der Waals surface area contributed by atoms with E-state index in [1.807, 2.05) is 4.90 Å². The molecule has 0 aromatic heterocycles. The second-order valence-corrected chi connectivity index (χ2v) is 7.72. The van der Waals surface area contributed by atoms with E-state index in [0.29, 0.717) is 12.3 Å². The van der Waals surface area contributed by atoms with Gasteiger partial charge in [0.25, 0.3) is 0 Å². The van der Waals surface area contributed by atoms with Gasteiger partial charge >= 0.3 is 0 Å². The fraction of sp³-hybridized carbons (Fsp3) is 0.900. The zero-order valence-corrected chi connectivity index (χ0v) is 15.7. The van der Waals surface area contributed by atoms with Crippen LogP contribution in [-0.2, 0) is 9.59 Å². The van der Waals surface area contributed by atoms with Crippen molar-refractivity contribution in [3.8, 4) is 0 Å². The van der Waals surface area contributed by atoms with Crippen molar-refractivity contribution in [2.24, 2.45) is 11.8 Å². The number of nitrogens with one attached hydrogen (secondary N) is 1. The van der Waals surface area contributed by atoms with Crippen LogP contribution in [0.3, 0.4) is 0 Å². The number of carbonyl (C=O) groups excluding carboxylic acids is 2. The fourth-order valence-corrected chi connectivity index (χ4v) is 4.25. The van der Waals surface area contributed by atoms with Gasteiger partial charge in [0.15, 0.2) is 0 Å². The molecule has 0 spiro atoms. The summed E-state index contributed by atoms with van der Waals surface area (Å²) in [5.41, 5.74) is 0. The molecule has 1 aliphatic heterocycles. The lowest BCUT2D eigenvalue weighted by Crippen LogP contribution is -2.48. The Kier molecular flexibility index (Phi) is 8.07. The van der Waals surface area contributed by atoms with Crippen molar-refractivity contribution in [3.63, 3.8) is 0 Å². The van der Waals surface area contributed by atoms with Crippen LogP contribution in [0.25, 0.3) is 0 Å². The molecule has 0 bridgehead atoms. The minimum atomic E-state index is 0.173. The summed E-state index contributed by atoms with van der Waals surface area (Å²) in [6.45, 7) is 5.77. The highest BCUT2D eigenvalue weighted by molar-refractivity contribution is 5.79. The first kappa shape index (κ1) is 19.3. The number of likely N-dealkylation sites (tertiary alicyclic amines) is 1. The monoisotopic (exact) mass is 336 g/mol. The van der Waals surface area contributed by atoms with Crippen molar-refractivity contribution in [3.05, 3.63) is 0 Å². The molecule has 2 fully saturated rings. The number of carbonyl (C=O) groups is 2. The number of amides is 2. The molecular weight excluding hydrogens is 300 g/mol. The van der Waals surface area contributed by atoms with E-state index in [4.69, 9.17) is 0 Å². The van der Waals surface area contributed by atoms with Crippen LogP contribution in [0.1, 0.15) is 84.5 Å². The van der Waals surface area contributed by atoms with Crippen LogP contribution >= 0.6 is 0 Å². The average Bonchev–Trinajstić information content (AvgIpc) is 2.62. The summed E-state index contributed by atoms with van der Waals surface area (Å²) in [4.78, 5) is 26.6. The Morgan fingerprint density at radius 2 is 1.62 bits per heavy atom. The molecule has 2 rings (SSSR count). The summed E-state index contributed by atoms with van der Waals surface area (Å²) < 4.78 is 0. The Hall–Kier alpha value is -1.06. The molecule has 138 valence electrons. The second kappa shape index (κ2) is 10.0. The van der Waals surface area contributed by atoms with Gasteiger partial charge in [-0.2, -0.15) is 0 Å². The molecule has 1 aliphatic carbocycles. The van der Waals surface area contributed by atoms with Gasteiger partial charge in [0.1, 0.15) is 0 Å². The Morgan fingerprint density at radius 1 is 1.00 bits per heavy atom. The van der Waals surface area contributed by atoms with Gasteiger partial charge in [-0.15, -0.1) is 0 Å². The molecule has 1 saturated carbocycles. The first-order valence-corrected chi connectivity index (χ1v) is 10.2. The van der Waals surface area contributed by atoms with Crippen LogP contribution in [0.15, 0.2) is 0 Å². The average molecular weight is 337 g/mol. The van der Waals surface area contributed by atoms with E-state index in [1.165, 1.54) is 32.1 Å². The molecular formula is C20H36N2O2. The van der Waals surface area contributed by atoms with Gasteiger partial charge in [-0.05, 0) is 38.0 Å². The minimum absolute atomic E-state index is 0.173. The molecule has 0 unspecified atom stereocenters. The van der Waals surface area contributed by atoms with E-state index in [9.17, 15) is 9.59 Å². The predicted octanol–water partition coefficient (Wildman–Crippen LogP) is 3.89. The molecule has 24 heavy (non-hydrogen) atoms. The fourth-order valence-electron chi connectivity index (χ4n) is 4.25. The number of nitrogens with zero attached hydrogens (tertiary/aromatic N) is 1. The maximum atomic E-state index is 12.4. The topological polar surface area (TPSA) is 49.4 Å². The van der Waals surface area contributed by atoms with Crippen LogP contribution in [0.2, 0.25) is 0 Å². The van der Waals surface area contributed by atoms with Crippen molar-refractivity contribution >= 4 is 11.8 Å². The zero-order chi connectivity index (χ0) is 17.4. The standard InChI is InChI=1S/C20H36N2O2/c1-3-17(4-2)20(24)22-14-12-18(13-15-22)21-19(23)11-10-16-8-6-5-7-9-16/h16-18H,3-15H2,1-2H3,(H,21,23). The summed E-state index contributed by atoms with van der Waals surface area (Å²) in [6, 6.07) is 0.259. The molecule has 0 aromatic carbocycles. The Morgan fingerprint density at radius 3 is 2.21 bits per heavy atom. The minimum Gasteiger partial charge on any atom is -0.353 e. The molecule has 4 heteroatoms.